The fourth-order valence-electron chi connectivity index (χ4n) is 4.94. The van der Waals surface area contributed by atoms with E-state index in [1.807, 2.05) is 43.3 Å². The van der Waals surface area contributed by atoms with Gasteiger partial charge in [0.05, 0.1) is 5.56 Å². The van der Waals surface area contributed by atoms with Gasteiger partial charge < -0.3 is 14.3 Å². The summed E-state index contributed by atoms with van der Waals surface area (Å²) in [7, 11) is 0. The zero-order valence-corrected chi connectivity index (χ0v) is 19.2. The maximum atomic E-state index is 13.1. The van der Waals surface area contributed by atoms with Gasteiger partial charge in [-0.05, 0) is 50.8 Å². The van der Waals surface area contributed by atoms with Gasteiger partial charge in [0.2, 0.25) is 11.7 Å². The van der Waals surface area contributed by atoms with Crippen LogP contribution in [0.15, 0.2) is 47.1 Å². The van der Waals surface area contributed by atoms with E-state index in [4.69, 9.17) is 4.52 Å². The van der Waals surface area contributed by atoms with Crippen LogP contribution in [0.1, 0.15) is 44.1 Å². The molecule has 2 aliphatic heterocycles. The van der Waals surface area contributed by atoms with Crippen molar-refractivity contribution >= 4 is 11.7 Å². The van der Waals surface area contributed by atoms with Gasteiger partial charge in [-0.1, -0.05) is 41.8 Å². The molecule has 7 nitrogen and oxygen atoms in total. The third kappa shape index (κ3) is 4.77. The number of carbonyl (C=O) groups excluding carboxylic acids is 1. The van der Waals surface area contributed by atoms with E-state index >= 15 is 0 Å². The number of aryl methyl sites for hydroxylation is 1. The molecule has 0 spiro atoms. The molecular formula is C26H31N5O2. The van der Waals surface area contributed by atoms with Crippen molar-refractivity contribution in [2.75, 3.05) is 31.1 Å². The van der Waals surface area contributed by atoms with Crippen LogP contribution >= 0.6 is 0 Å². The van der Waals surface area contributed by atoms with Crippen molar-refractivity contribution in [3.8, 4) is 22.8 Å². The standard InChI is InChI=1S/C26H31N5O2/c1-19-8-6-9-21(18-19)23-28-25(33-29-23)22-10-7-13-27-24(22)30-16-11-20(12-17-30)26(32)31-14-4-2-3-5-15-31/h6-10,13,18,20H,2-5,11-12,14-17H2,1H3. The molecule has 172 valence electrons. The summed E-state index contributed by atoms with van der Waals surface area (Å²) in [5, 5.41) is 4.20. The highest BCUT2D eigenvalue weighted by Gasteiger charge is 2.30. The molecular weight excluding hydrogens is 414 g/mol. The fourth-order valence-corrected chi connectivity index (χ4v) is 4.94. The van der Waals surface area contributed by atoms with Crippen molar-refractivity contribution in [1.82, 2.24) is 20.0 Å². The molecule has 0 N–H and O–H groups in total. The second kappa shape index (κ2) is 9.73. The largest absolute Gasteiger partial charge is 0.356 e. The summed E-state index contributed by atoms with van der Waals surface area (Å²) in [4.78, 5) is 26.7. The lowest BCUT2D eigenvalue weighted by molar-refractivity contribution is -0.136. The van der Waals surface area contributed by atoms with Gasteiger partial charge in [0.25, 0.3) is 5.89 Å². The Morgan fingerprint density at radius 1 is 1.00 bits per heavy atom. The average molecular weight is 446 g/mol. The van der Waals surface area contributed by atoms with Crippen molar-refractivity contribution in [3.63, 3.8) is 0 Å². The van der Waals surface area contributed by atoms with Crippen molar-refractivity contribution in [2.24, 2.45) is 5.92 Å². The predicted octanol–water partition coefficient (Wildman–Crippen LogP) is 4.73. The molecule has 0 saturated carbocycles. The zero-order valence-electron chi connectivity index (χ0n) is 19.2. The van der Waals surface area contributed by atoms with Gasteiger partial charge >= 0.3 is 0 Å². The summed E-state index contributed by atoms with van der Waals surface area (Å²) in [6.45, 7) is 5.49. The van der Waals surface area contributed by atoms with Gasteiger partial charge in [-0.3, -0.25) is 4.79 Å². The van der Waals surface area contributed by atoms with Crippen LogP contribution in [0, 0.1) is 12.8 Å². The molecule has 2 fully saturated rings. The highest BCUT2D eigenvalue weighted by molar-refractivity contribution is 5.79. The average Bonchev–Trinajstić information content (AvgIpc) is 3.19. The Morgan fingerprint density at radius 2 is 1.79 bits per heavy atom. The minimum absolute atomic E-state index is 0.114. The first kappa shape index (κ1) is 21.6. The Hall–Kier alpha value is -3.22. The molecule has 0 atom stereocenters. The molecule has 1 aromatic carbocycles. The minimum Gasteiger partial charge on any atom is -0.356 e. The van der Waals surface area contributed by atoms with Gasteiger partial charge in [-0.15, -0.1) is 0 Å². The summed E-state index contributed by atoms with van der Waals surface area (Å²) >= 11 is 0. The number of hydrogen-bond donors (Lipinski definition) is 0. The molecule has 33 heavy (non-hydrogen) atoms. The van der Waals surface area contributed by atoms with Crippen molar-refractivity contribution < 1.29 is 9.32 Å². The fraction of sp³-hybridized carbons (Fsp3) is 0.462. The topological polar surface area (TPSA) is 75.4 Å². The third-order valence-electron chi connectivity index (χ3n) is 6.78. The highest BCUT2D eigenvalue weighted by atomic mass is 16.5. The number of piperidine rings is 1. The molecule has 7 heteroatoms. The summed E-state index contributed by atoms with van der Waals surface area (Å²) in [6, 6.07) is 11.9. The van der Waals surface area contributed by atoms with E-state index in [0.717, 1.165) is 74.4 Å². The monoisotopic (exact) mass is 445 g/mol. The van der Waals surface area contributed by atoms with E-state index in [-0.39, 0.29) is 5.92 Å². The Balaban J connectivity index is 1.30. The zero-order chi connectivity index (χ0) is 22.6. The first-order valence-electron chi connectivity index (χ1n) is 12.1. The SMILES string of the molecule is Cc1cccc(-c2noc(-c3cccnc3N3CCC(C(=O)N4CCCCCC4)CC3)n2)c1. The number of amides is 1. The van der Waals surface area contributed by atoms with E-state index in [1.54, 1.807) is 6.20 Å². The molecule has 2 aromatic heterocycles. The van der Waals surface area contributed by atoms with E-state index in [9.17, 15) is 4.79 Å². The van der Waals surface area contributed by atoms with Crippen LogP contribution < -0.4 is 4.90 Å². The van der Waals surface area contributed by atoms with Crippen molar-refractivity contribution in [1.29, 1.82) is 0 Å². The van der Waals surface area contributed by atoms with Crippen molar-refractivity contribution in [3.05, 3.63) is 48.2 Å². The first-order valence-corrected chi connectivity index (χ1v) is 12.1. The molecule has 3 aromatic rings. The molecule has 0 aliphatic carbocycles. The number of pyridine rings is 1. The van der Waals surface area contributed by atoms with Crippen molar-refractivity contribution in [2.45, 2.75) is 45.4 Å². The molecule has 4 heterocycles. The lowest BCUT2D eigenvalue weighted by atomic mass is 9.94. The highest BCUT2D eigenvalue weighted by Crippen LogP contribution is 2.32. The first-order chi connectivity index (χ1) is 16.2. The number of rotatable bonds is 4. The molecule has 1 amide bonds. The number of benzene rings is 1. The maximum absolute atomic E-state index is 13.1. The number of hydrogen-bond acceptors (Lipinski definition) is 6. The van der Waals surface area contributed by atoms with Gasteiger partial charge in [-0.25, -0.2) is 4.98 Å². The van der Waals surface area contributed by atoms with Crippen LogP contribution in [0.4, 0.5) is 5.82 Å². The maximum Gasteiger partial charge on any atom is 0.261 e. The summed E-state index contributed by atoms with van der Waals surface area (Å²) < 4.78 is 5.64. The van der Waals surface area contributed by atoms with Gasteiger partial charge in [0, 0.05) is 43.9 Å². The van der Waals surface area contributed by atoms with E-state index in [0.29, 0.717) is 17.6 Å². The Morgan fingerprint density at radius 3 is 2.55 bits per heavy atom. The second-order valence-corrected chi connectivity index (χ2v) is 9.17. The van der Waals surface area contributed by atoms with Crippen LogP contribution in [-0.2, 0) is 4.79 Å². The van der Waals surface area contributed by atoms with E-state index < -0.39 is 0 Å². The Labute approximate surface area is 194 Å². The van der Waals surface area contributed by atoms with E-state index in [1.165, 1.54) is 12.8 Å². The molecule has 2 aliphatic rings. The second-order valence-electron chi connectivity index (χ2n) is 9.17. The van der Waals surface area contributed by atoms with Crippen LogP contribution in [0.3, 0.4) is 0 Å². The number of nitrogens with zero attached hydrogens (tertiary/aromatic N) is 5. The van der Waals surface area contributed by atoms with E-state index in [2.05, 4.69) is 24.9 Å². The van der Waals surface area contributed by atoms with Crippen LogP contribution in [0.25, 0.3) is 22.8 Å². The minimum atomic E-state index is 0.114. The molecule has 2 saturated heterocycles. The van der Waals surface area contributed by atoms with Gasteiger partial charge in [-0.2, -0.15) is 4.98 Å². The molecule has 0 radical (unpaired) electrons. The predicted molar refractivity (Wildman–Crippen MR) is 128 cm³/mol. The Bertz CT molecular complexity index is 1100. The van der Waals surface area contributed by atoms with Crippen LogP contribution in [-0.4, -0.2) is 52.1 Å². The number of likely N-dealkylation sites (tertiary alicyclic amines) is 1. The quantitative estimate of drug-likeness (QED) is 0.578. The molecule has 5 rings (SSSR count). The van der Waals surface area contributed by atoms with Gasteiger partial charge in [0.15, 0.2) is 0 Å². The summed E-state index contributed by atoms with van der Waals surface area (Å²) in [5.41, 5.74) is 2.92. The van der Waals surface area contributed by atoms with Crippen LogP contribution in [0.5, 0.6) is 0 Å². The van der Waals surface area contributed by atoms with Crippen LogP contribution in [0.2, 0.25) is 0 Å². The smallest absolute Gasteiger partial charge is 0.261 e. The summed E-state index contributed by atoms with van der Waals surface area (Å²) in [5.74, 6) is 2.35. The number of aromatic nitrogens is 3. The number of carbonyl (C=O) groups is 1. The molecule has 0 bridgehead atoms. The lowest BCUT2D eigenvalue weighted by Gasteiger charge is -2.35. The Kier molecular flexibility index (Phi) is 6.37. The number of anilines is 1. The molecule has 0 unspecified atom stereocenters. The lowest BCUT2D eigenvalue weighted by Crippen LogP contribution is -2.43. The normalized spacial score (nSPS) is 17.7. The van der Waals surface area contributed by atoms with Gasteiger partial charge in [0.1, 0.15) is 5.82 Å². The summed E-state index contributed by atoms with van der Waals surface area (Å²) in [6.07, 6.45) is 8.25. The third-order valence-corrected chi connectivity index (χ3v) is 6.78.